The molecule has 0 aliphatic rings. The predicted molar refractivity (Wildman–Crippen MR) is 70.4 cm³/mol. The number of carbonyl (C=O) groups is 1. The Hall–Kier alpha value is -0.630. The molecule has 0 aromatic rings. The van der Waals surface area contributed by atoms with E-state index in [1.54, 1.807) is 0 Å². The van der Waals surface area contributed by atoms with E-state index in [4.69, 9.17) is 5.73 Å². The summed E-state index contributed by atoms with van der Waals surface area (Å²) in [4.78, 5) is 11.5. The minimum atomic E-state index is 0.419. The molecule has 0 radical (unpaired) electrons. The molecule has 0 bridgehead atoms. The molecule has 0 spiro atoms. The first-order valence-corrected chi connectivity index (χ1v) is 6.53. The largest absolute Gasteiger partial charge is 0.330 e. The lowest BCUT2D eigenvalue weighted by Gasteiger charge is -2.08. The molecule has 0 amide bonds. The second kappa shape index (κ2) is 10.9. The highest BCUT2D eigenvalue weighted by Gasteiger charge is 2.05. The third-order valence-electron chi connectivity index (χ3n) is 2.94. The second-order valence-corrected chi connectivity index (χ2v) is 4.65. The summed E-state index contributed by atoms with van der Waals surface area (Å²) in [5.41, 5.74) is 5.47. The van der Waals surface area contributed by atoms with Crippen LogP contribution in [0.25, 0.3) is 0 Å². The molecule has 1 unspecified atom stereocenters. The van der Waals surface area contributed by atoms with E-state index in [9.17, 15) is 4.79 Å². The average Bonchev–Trinajstić information content (AvgIpc) is 2.26. The number of rotatable bonds is 11. The predicted octanol–water partition coefficient (Wildman–Crippen LogP) is 3.46. The quantitative estimate of drug-likeness (QED) is 0.432. The van der Waals surface area contributed by atoms with Gasteiger partial charge in [-0.3, -0.25) is 4.79 Å². The van der Waals surface area contributed by atoms with Crippen LogP contribution in [0.1, 0.15) is 58.3 Å². The van der Waals surface area contributed by atoms with Gasteiger partial charge in [0.15, 0.2) is 0 Å². The molecule has 0 saturated heterocycles. The van der Waals surface area contributed by atoms with Gasteiger partial charge in [-0.2, -0.15) is 0 Å². The fourth-order valence-electron chi connectivity index (χ4n) is 1.75. The van der Waals surface area contributed by atoms with Crippen molar-refractivity contribution in [3.8, 4) is 0 Å². The number of unbranched alkanes of at least 4 members (excludes halogenated alkanes) is 3. The van der Waals surface area contributed by atoms with Gasteiger partial charge in [-0.05, 0) is 44.6 Å². The Kier molecular flexibility index (Phi) is 10.4. The Balaban J connectivity index is 3.33. The van der Waals surface area contributed by atoms with Gasteiger partial charge in [-0.1, -0.05) is 19.4 Å². The Labute approximate surface area is 100 Å². The van der Waals surface area contributed by atoms with Gasteiger partial charge in [0.25, 0.3) is 0 Å². The van der Waals surface area contributed by atoms with Crippen LogP contribution in [-0.2, 0) is 4.79 Å². The molecule has 0 aromatic carbocycles. The molecule has 94 valence electrons. The molecular formula is C14H27NO. The second-order valence-electron chi connectivity index (χ2n) is 4.65. The maximum Gasteiger partial charge on any atom is 0.132 e. The van der Waals surface area contributed by atoms with Crippen molar-refractivity contribution in [1.29, 1.82) is 0 Å². The van der Waals surface area contributed by atoms with Crippen molar-refractivity contribution in [3.05, 3.63) is 12.7 Å². The normalized spacial score (nSPS) is 12.4. The molecule has 2 nitrogen and oxygen atoms in total. The maximum absolute atomic E-state index is 11.5. The maximum atomic E-state index is 11.5. The van der Waals surface area contributed by atoms with Crippen molar-refractivity contribution in [2.45, 2.75) is 58.3 Å². The number of carbonyl (C=O) groups excluding carboxylic acids is 1. The van der Waals surface area contributed by atoms with Crippen LogP contribution in [0.4, 0.5) is 0 Å². The summed E-state index contributed by atoms with van der Waals surface area (Å²) >= 11 is 0. The standard InChI is InChI=1S/C14H27NO/c1-3-4-5-6-7-8-14(16)10-9-13(2)11-12-15/h3,13H,1,4-12,15H2,2H3. The molecule has 2 N–H and O–H groups in total. The summed E-state index contributed by atoms with van der Waals surface area (Å²) in [6.07, 6.45) is 9.90. The van der Waals surface area contributed by atoms with E-state index in [0.717, 1.165) is 51.5 Å². The Morgan fingerprint density at radius 3 is 2.62 bits per heavy atom. The van der Waals surface area contributed by atoms with Crippen LogP contribution in [0.15, 0.2) is 12.7 Å². The highest BCUT2D eigenvalue weighted by atomic mass is 16.1. The molecular weight excluding hydrogens is 198 g/mol. The molecule has 2 heteroatoms. The highest BCUT2D eigenvalue weighted by Crippen LogP contribution is 2.12. The number of allylic oxidation sites excluding steroid dienone is 1. The van der Waals surface area contributed by atoms with E-state index in [-0.39, 0.29) is 0 Å². The Morgan fingerprint density at radius 2 is 2.00 bits per heavy atom. The molecule has 1 atom stereocenters. The summed E-state index contributed by atoms with van der Waals surface area (Å²) in [7, 11) is 0. The molecule has 0 fully saturated rings. The van der Waals surface area contributed by atoms with Crippen LogP contribution in [0.5, 0.6) is 0 Å². The molecule has 0 aromatic heterocycles. The minimum Gasteiger partial charge on any atom is -0.330 e. The fourth-order valence-corrected chi connectivity index (χ4v) is 1.75. The summed E-state index contributed by atoms with van der Waals surface area (Å²) in [5, 5.41) is 0. The highest BCUT2D eigenvalue weighted by molar-refractivity contribution is 5.78. The van der Waals surface area contributed by atoms with Gasteiger partial charge in [0.2, 0.25) is 0 Å². The number of Topliss-reactive ketones (excluding diaryl/α,β-unsaturated/α-hetero) is 1. The van der Waals surface area contributed by atoms with Crippen molar-refractivity contribution >= 4 is 5.78 Å². The van der Waals surface area contributed by atoms with Gasteiger partial charge in [-0.25, -0.2) is 0 Å². The zero-order valence-corrected chi connectivity index (χ0v) is 10.7. The van der Waals surface area contributed by atoms with Crippen molar-refractivity contribution < 1.29 is 4.79 Å². The van der Waals surface area contributed by atoms with Crippen molar-refractivity contribution in [3.63, 3.8) is 0 Å². The Morgan fingerprint density at radius 1 is 1.25 bits per heavy atom. The van der Waals surface area contributed by atoms with Crippen LogP contribution < -0.4 is 5.73 Å². The lowest BCUT2D eigenvalue weighted by Crippen LogP contribution is -2.08. The summed E-state index contributed by atoms with van der Waals surface area (Å²) in [5.74, 6) is 1.01. The summed E-state index contributed by atoms with van der Waals surface area (Å²) < 4.78 is 0. The number of hydrogen-bond acceptors (Lipinski definition) is 2. The van der Waals surface area contributed by atoms with E-state index < -0.39 is 0 Å². The van der Waals surface area contributed by atoms with E-state index in [2.05, 4.69) is 13.5 Å². The lowest BCUT2D eigenvalue weighted by molar-refractivity contribution is -0.119. The summed E-state index contributed by atoms with van der Waals surface area (Å²) in [6.45, 7) is 6.59. The first-order chi connectivity index (χ1) is 7.70. The van der Waals surface area contributed by atoms with E-state index in [0.29, 0.717) is 11.7 Å². The van der Waals surface area contributed by atoms with Crippen LogP contribution in [0.2, 0.25) is 0 Å². The summed E-state index contributed by atoms with van der Waals surface area (Å²) in [6, 6.07) is 0. The van der Waals surface area contributed by atoms with Crippen LogP contribution in [0.3, 0.4) is 0 Å². The Bertz CT molecular complexity index is 189. The topological polar surface area (TPSA) is 43.1 Å². The molecule has 0 aliphatic heterocycles. The van der Waals surface area contributed by atoms with Gasteiger partial charge >= 0.3 is 0 Å². The molecule has 0 saturated carbocycles. The monoisotopic (exact) mass is 225 g/mol. The zero-order chi connectivity index (χ0) is 12.2. The molecule has 0 rings (SSSR count). The molecule has 0 aliphatic carbocycles. The fraction of sp³-hybridized carbons (Fsp3) is 0.786. The minimum absolute atomic E-state index is 0.419. The van der Waals surface area contributed by atoms with E-state index in [1.807, 2.05) is 6.08 Å². The van der Waals surface area contributed by atoms with Gasteiger partial charge in [0.1, 0.15) is 5.78 Å². The van der Waals surface area contributed by atoms with E-state index in [1.165, 1.54) is 6.42 Å². The van der Waals surface area contributed by atoms with Gasteiger partial charge < -0.3 is 5.73 Å². The van der Waals surface area contributed by atoms with E-state index >= 15 is 0 Å². The number of hydrogen-bond donors (Lipinski definition) is 1. The van der Waals surface area contributed by atoms with Crippen molar-refractivity contribution in [2.75, 3.05) is 6.54 Å². The van der Waals surface area contributed by atoms with Crippen LogP contribution in [-0.4, -0.2) is 12.3 Å². The lowest BCUT2D eigenvalue weighted by atomic mass is 9.98. The third-order valence-corrected chi connectivity index (χ3v) is 2.94. The SMILES string of the molecule is C=CCCCCCC(=O)CCC(C)CCN. The number of ketones is 1. The molecule has 0 heterocycles. The van der Waals surface area contributed by atoms with Crippen LogP contribution in [0, 0.1) is 5.92 Å². The zero-order valence-electron chi connectivity index (χ0n) is 10.7. The van der Waals surface area contributed by atoms with Crippen LogP contribution >= 0.6 is 0 Å². The smallest absolute Gasteiger partial charge is 0.132 e. The van der Waals surface area contributed by atoms with Gasteiger partial charge in [0.05, 0.1) is 0 Å². The van der Waals surface area contributed by atoms with Crippen molar-refractivity contribution in [2.24, 2.45) is 11.7 Å². The first kappa shape index (κ1) is 15.4. The average molecular weight is 225 g/mol. The van der Waals surface area contributed by atoms with Gasteiger partial charge in [0, 0.05) is 12.8 Å². The molecule has 16 heavy (non-hydrogen) atoms. The van der Waals surface area contributed by atoms with Crippen molar-refractivity contribution in [1.82, 2.24) is 0 Å². The number of nitrogens with two attached hydrogens (primary N) is 1. The third kappa shape index (κ3) is 9.91. The first-order valence-electron chi connectivity index (χ1n) is 6.53. The van der Waals surface area contributed by atoms with Gasteiger partial charge in [-0.15, -0.1) is 6.58 Å².